The van der Waals surface area contributed by atoms with Gasteiger partial charge < -0.3 is 14.2 Å². The van der Waals surface area contributed by atoms with Gasteiger partial charge in [-0.05, 0) is 6.92 Å². The maximum absolute atomic E-state index is 10.9. The third-order valence-electron chi connectivity index (χ3n) is 1.23. The van der Waals surface area contributed by atoms with Crippen molar-refractivity contribution < 1.29 is 28.6 Å². The highest BCUT2D eigenvalue weighted by Gasteiger charge is 2.38. The Morgan fingerprint density at radius 2 is 1.19 bits per heavy atom. The van der Waals surface area contributed by atoms with Gasteiger partial charge in [-0.25, -0.2) is 0 Å². The minimum absolute atomic E-state index is 0.749. The molecule has 0 aliphatic rings. The molecule has 0 rings (SSSR count). The third-order valence-corrected chi connectivity index (χ3v) is 1.23. The van der Waals surface area contributed by atoms with Crippen molar-refractivity contribution in [3.63, 3.8) is 0 Å². The normalized spacial score (nSPS) is 11.0. The molecule has 0 spiro atoms. The predicted octanol–water partition coefficient (Wildman–Crippen LogP) is 0.906. The smallest absolute Gasteiger partial charge is 0.385 e. The van der Waals surface area contributed by atoms with Gasteiger partial charge in [-0.2, -0.15) is 0 Å². The largest absolute Gasteiger partial charge is 0.446 e. The highest BCUT2D eigenvalue weighted by atomic mass is 16.9. The lowest BCUT2D eigenvalue weighted by Gasteiger charge is -2.26. The Kier molecular flexibility index (Phi) is 5.21. The number of esters is 3. The van der Waals surface area contributed by atoms with Crippen LogP contribution in [0.4, 0.5) is 0 Å². The molecule has 6 heteroatoms. The average Bonchev–Trinajstić information content (AvgIpc) is 1.98. The molecule has 0 atom stereocenters. The van der Waals surface area contributed by atoms with Crippen molar-refractivity contribution in [1.29, 1.82) is 0 Å². The van der Waals surface area contributed by atoms with Crippen LogP contribution in [-0.4, -0.2) is 23.9 Å². The summed E-state index contributed by atoms with van der Waals surface area (Å²) >= 11 is 0. The van der Waals surface area contributed by atoms with Crippen LogP contribution in [0.5, 0.6) is 0 Å². The van der Waals surface area contributed by atoms with Crippen molar-refractivity contribution >= 4 is 17.9 Å². The molecule has 0 amide bonds. The van der Waals surface area contributed by atoms with E-state index in [4.69, 9.17) is 0 Å². The Labute approximate surface area is 93.2 Å². The van der Waals surface area contributed by atoms with Crippen LogP contribution in [0.1, 0.15) is 27.7 Å². The summed E-state index contributed by atoms with van der Waals surface area (Å²) in [5, 5.41) is 0. The van der Waals surface area contributed by atoms with Gasteiger partial charge in [0.15, 0.2) is 0 Å². The minimum atomic E-state index is -2.11. The molecule has 0 heterocycles. The molecular formula is C10H14O6. The fourth-order valence-electron chi connectivity index (χ4n) is 0.970. The molecule has 0 aromatic carbocycles. The summed E-state index contributed by atoms with van der Waals surface area (Å²) in [4.78, 5) is 32.6. The summed E-state index contributed by atoms with van der Waals surface area (Å²) in [5.74, 6) is -4.36. The Balaban J connectivity index is 5.09. The lowest BCUT2D eigenvalue weighted by Crippen LogP contribution is -2.41. The van der Waals surface area contributed by atoms with E-state index >= 15 is 0 Å². The molecule has 0 aliphatic carbocycles. The summed E-state index contributed by atoms with van der Waals surface area (Å²) in [5.41, 5.74) is 0. The quantitative estimate of drug-likeness (QED) is 0.405. The van der Waals surface area contributed by atoms with Crippen molar-refractivity contribution in [3.8, 4) is 0 Å². The fourth-order valence-corrected chi connectivity index (χ4v) is 0.970. The summed E-state index contributed by atoms with van der Waals surface area (Å²) in [6.07, 6.45) is 2.58. The standard InChI is InChI=1S/C10H14O6/c1-5-6-10(14-7(2)11,15-8(3)12)16-9(4)13/h5-6H,1-4H3. The van der Waals surface area contributed by atoms with E-state index in [1.807, 2.05) is 0 Å². The zero-order valence-electron chi connectivity index (χ0n) is 9.60. The van der Waals surface area contributed by atoms with E-state index in [2.05, 4.69) is 14.2 Å². The van der Waals surface area contributed by atoms with Crippen LogP contribution >= 0.6 is 0 Å². The first-order valence-corrected chi connectivity index (χ1v) is 4.54. The predicted molar refractivity (Wildman–Crippen MR) is 52.8 cm³/mol. The molecule has 0 aromatic rings. The van der Waals surface area contributed by atoms with E-state index in [-0.39, 0.29) is 0 Å². The lowest BCUT2D eigenvalue weighted by molar-refractivity contribution is -0.301. The van der Waals surface area contributed by atoms with Crippen LogP contribution < -0.4 is 0 Å². The van der Waals surface area contributed by atoms with Gasteiger partial charge in [-0.3, -0.25) is 14.4 Å². The monoisotopic (exact) mass is 230 g/mol. The van der Waals surface area contributed by atoms with Gasteiger partial charge in [-0.1, -0.05) is 6.08 Å². The van der Waals surface area contributed by atoms with Crippen molar-refractivity contribution in [2.75, 3.05) is 0 Å². The van der Waals surface area contributed by atoms with E-state index in [0.29, 0.717) is 0 Å². The topological polar surface area (TPSA) is 78.9 Å². The number of carbonyl (C=O) groups excluding carboxylic acids is 3. The van der Waals surface area contributed by atoms with Gasteiger partial charge in [0.25, 0.3) is 0 Å². The maximum Gasteiger partial charge on any atom is 0.446 e. The van der Waals surface area contributed by atoms with E-state index in [1.165, 1.54) is 6.08 Å². The minimum Gasteiger partial charge on any atom is -0.385 e. The molecule has 0 N–H and O–H groups in total. The molecule has 0 saturated carbocycles. The summed E-state index contributed by atoms with van der Waals surface area (Å²) in [6, 6.07) is 0. The highest BCUT2D eigenvalue weighted by Crippen LogP contribution is 2.18. The molecule has 90 valence electrons. The second-order valence-corrected chi connectivity index (χ2v) is 2.88. The zero-order valence-corrected chi connectivity index (χ0v) is 9.60. The molecule has 0 saturated heterocycles. The molecule has 0 aromatic heterocycles. The lowest BCUT2D eigenvalue weighted by atomic mass is 10.4. The molecular weight excluding hydrogens is 216 g/mol. The van der Waals surface area contributed by atoms with Crippen LogP contribution in [0.15, 0.2) is 12.2 Å². The molecule has 16 heavy (non-hydrogen) atoms. The van der Waals surface area contributed by atoms with Gasteiger partial charge in [0.1, 0.15) is 0 Å². The first-order chi connectivity index (χ1) is 7.31. The number of rotatable bonds is 4. The highest BCUT2D eigenvalue weighted by molar-refractivity contribution is 5.71. The van der Waals surface area contributed by atoms with Crippen molar-refractivity contribution in [1.82, 2.24) is 0 Å². The van der Waals surface area contributed by atoms with Crippen LogP contribution in [0, 0.1) is 0 Å². The van der Waals surface area contributed by atoms with Crippen LogP contribution in [0.25, 0.3) is 0 Å². The van der Waals surface area contributed by atoms with Gasteiger partial charge in [0.2, 0.25) is 0 Å². The fraction of sp³-hybridized carbons (Fsp3) is 0.500. The number of carbonyl (C=O) groups is 3. The van der Waals surface area contributed by atoms with E-state index in [9.17, 15) is 14.4 Å². The molecule has 0 aliphatic heterocycles. The number of hydrogen-bond acceptors (Lipinski definition) is 6. The summed E-state index contributed by atoms with van der Waals surface area (Å²) in [7, 11) is 0. The second-order valence-electron chi connectivity index (χ2n) is 2.88. The average molecular weight is 230 g/mol. The number of allylic oxidation sites excluding steroid dienone is 1. The van der Waals surface area contributed by atoms with Crippen molar-refractivity contribution in [3.05, 3.63) is 12.2 Å². The number of hydrogen-bond donors (Lipinski definition) is 0. The van der Waals surface area contributed by atoms with E-state index in [1.54, 1.807) is 6.92 Å². The Morgan fingerprint density at radius 1 is 0.875 bits per heavy atom. The Hall–Kier alpha value is -1.85. The summed E-state index contributed by atoms with van der Waals surface area (Å²) < 4.78 is 14.1. The Bertz CT molecular complexity index is 276. The van der Waals surface area contributed by atoms with Crippen molar-refractivity contribution in [2.45, 2.75) is 33.7 Å². The van der Waals surface area contributed by atoms with Gasteiger partial charge in [0, 0.05) is 26.8 Å². The van der Waals surface area contributed by atoms with Gasteiger partial charge in [-0.15, -0.1) is 0 Å². The van der Waals surface area contributed by atoms with Gasteiger partial charge in [0.05, 0.1) is 0 Å². The first kappa shape index (κ1) is 14.2. The SMILES string of the molecule is CC=CC(OC(C)=O)(OC(C)=O)OC(C)=O. The molecule has 0 radical (unpaired) electrons. The number of ether oxygens (including phenoxy) is 3. The maximum atomic E-state index is 10.9. The third kappa shape index (κ3) is 5.14. The molecule has 0 fully saturated rings. The molecule has 0 unspecified atom stereocenters. The zero-order chi connectivity index (χ0) is 12.8. The van der Waals surface area contributed by atoms with Crippen LogP contribution in [0.3, 0.4) is 0 Å². The van der Waals surface area contributed by atoms with Crippen LogP contribution in [0.2, 0.25) is 0 Å². The van der Waals surface area contributed by atoms with E-state index < -0.39 is 23.9 Å². The second kappa shape index (κ2) is 5.89. The van der Waals surface area contributed by atoms with Crippen molar-refractivity contribution in [2.24, 2.45) is 0 Å². The van der Waals surface area contributed by atoms with E-state index in [0.717, 1.165) is 26.8 Å². The molecule has 0 bridgehead atoms. The Morgan fingerprint density at radius 3 is 1.38 bits per heavy atom. The first-order valence-electron chi connectivity index (χ1n) is 4.54. The van der Waals surface area contributed by atoms with Crippen LogP contribution in [-0.2, 0) is 28.6 Å². The van der Waals surface area contributed by atoms with Gasteiger partial charge >= 0.3 is 23.9 Å². The summed E-state index contributed by atoms with van der Waals surface area (Å²) in [6.45, 7) is 4.90. The molecule has 6 nitrogen and oxygen atoms in total.